The van der Waals surface area contributed by atoms with Crippen molar-refractivity contribution in [1.82, 2.24) is 0 Å². The molecule has 0 N–H and O–H groups in total. The fraction of sp³-hybridized carbons (Fsp3) is 0.889. The van der Waals surface area contributed by atoms with Crippen LogP contribution >= 0.6 is 8.58 Å². The van der Waals surface area contributed by atoms with Crippen LogP contribution < -0.4 is 0 Å². The average molecular weight is 206 g/mol. The van der Waals surface area contributed by atoms with E-state index in [4.69, 9.17) is 9.47 Å². The number of ether oxygens (including phenoxy) is 2. The van der Waals surface area contributed by atoms with Gasteiger partial charge < -0.3 is 9.47 Å². The lowest BCUT2D eigenvalue weighted by Crippen LogP contribution is -2.03. The Kier molecular flexibility index (Phi) is 9.84. The van der Waals surface area contributed by atoms with Crippen LogP contribution in [0.3, 0.4) is 0 Å². The smallest absolute Gasteiger partial charge is 0.305 e. The molecule has 0 amide bonds. The maximum Gasteiger partial charge on any atom is 0.305 e. The van der Waals surface area contributed by atoms with Gasteiger partial charge in [0, 0.05) is 13.0 Å². The first-order chi connectivity index (χ1) is 6.31. The first kappa shape index (κ1) is 12.9. The summed E-state index contributed by atoms with van der Waals surface area (Å²) in [6, 6.07) is 0. The molecule has 0 rings (SSSR count). The molecule has 0 saturated heterocycles. The number of carbonyl (C=O) groups excluding carboxylic acids is 1. The van der Waals surface area contributed by atoms with E-state index in [9.17, 15) is 4.79 Å². The second kappa shape index (κ2) is 9.94. The summed E-state index contributed by atoms with van der Waals surface area (Å²) >= 11 is 0. The number of rotatable bonds is 8. The van der Waals surface area contributed by atoms with Crippen LogP contribution in [0.1, 0.15) is 26.7 Å². The minimum Gasteiger partial charge on any atom is -0.466 e. The predicted octanol–water partition coefficient (Wildman–Crippen LogP) is 2.00. The molecule has 0 aromatic heterocycles. The molecule has 0 aromatic carbocycles. The minimum atomic E-state index is -0.0799. The Morgan fingerprint density at radius 3 is 2.69 bits per heavy atom. The number of hydrogen-bond acceptors (Lipinski definition) is 3. The molecule has 3 nitrogen and oxygen atoms in total. The van der Waals surface area contributed by atoms with Crippen molar-refractivity contribution < 1.29 is 14.3 Å². The third-order valence-corrected chi connectivity index (χ3v) is 2.56. The quantitative estimate of drug-likeness (QED) is 0.346. The second-order valence-electron chi connectivity index (χ2n) is 2.55. The van der Waals surface area contributed by atoms with Crippen LogP contribution in [0.4, 0.5) is 0 Å². The maximum absolute atomic E-state index is 10.9. The van der Waals surface area contributed by atoms with E-state index < -0.39 is 0 Å². The lowest BCUT2D eigenvalue weighted by molar-refractivity contribution is -0.143. The van der Waals surface area contributed by atoms with Crippen molar-refractivity contribution in [2.45, 2.75) is 26.7 Å². The molecule has 0 saturated carbocycles. The van der Waals surface area contributed by atoms with E-state index in [1.807, 2.05) is 13.8 Å². The van der Waals surface area contributed by atoms with Gasteiger partial charge in [0.15, 0.2) is 0 Å². The molecule has 0 heterocycles. The summed E-state index contributed by atoms with van der Waals surface area (Å²) < 4.78 is 9.99. The van der Waals surface area contributed by atoms with Gasteiger partial charge in [-0.2, -0.15) is 0 Å². The average Bonchev–Trinajstić information content (AvgIpc) is 2.11. The second-order valence-corrected chi connectivity index (χ2v) is 3.83. The highest BCUT2D eigenvalue weighted by molar-refractivity contribution is 7.37. The van der Waals surface area contributed by atoms with Crippen LogP contribution in [-0.4, -0.2) is 31.7 Å². The number of esters is 1. The molecule has 0 aliphatic heterocycles. The first-order valence-electron chi connectivity index (χ1n) is 4.75. The third-order valence-electron chi connectivity index (χ3n) is 1.45. The van der Waals surface area contributed by atoms with Gasteiger partial charge in [0.2, 0.25) is 0 Å². The molecule has 0 radical (unpaired) electrons. The standard InChI is InChI=1S/C9H19O3P/c1-3-11-8-13-7-5-6-9(10)12-4-2/h13H,3-8H2,1-2H3. The summed E-state index contributed by atoms with van der Waals surface area (Å²) in [6.07, 6.45) is 3.37. The lowest BCUT2D eigenvalue weighted by atomic mass is 10.3. The molecule has 0 fully saturated rings. The molecule has 0 aliphatic rings. The minimum absolute atomic E-state index is 0.0799. The molecule has 4 heteroatoms. The van der Waals surface area contributed by atoms with E-state index in [-0.39, 0.29) is 5.97 Å². The summed E-state index contributed by atoms with van der Waals surface area (Å²) in [7, 11) is 0.811. The van der Waals surface area contributed by atoms with Crippen LogP contribution in [0.15, 0.2) is 0 Å². The Morgan fingerprint density at radius 2 is 2.08 bits per heavy atom. The van der Waals surface area contributed by atoms with Gasteiger partial charge in [-0.05, 0) is 26.4 Å². The zero-order chi connectivity index (χ0) is 9.94. The van der Waals surface area contributed by atoms with Gasteiger partial charge in [0.05, 0.1) is 13.0 Å². The Bertz CT molecular complexity index is 128. The van der Waals surface area contributed by atoms with E-state index in [1.165, 1.54) is 0 Å². The zero-order valence-electron chi connectivity index (χ0n) is 8.47. The summed E-state index contributed by atoms with van der Waals surface area (Å²) in [5.41, 5.74) is 0. The SMILES string of the molecule is CCOCPCCCC(=O)OCC. The molecule has 78 valence electrons. The van der Waals surface area contributed by atoms with Gasteiger partial charge in [0.25, 0.3) is 0 Å². The summed E-state index contributed by atoms with van der Waals surface area (Å²) in [4.78, 5) is 10.9. The number of carbonyl (C=O) groups is 1. The first-order valence-corrected chi connectivity index (χ1v) is 6.16. The molecule has 1 atom stereocenters. The molecular formula is C9H19O3P. The van der Waals surface area contributed by atoms with Gasteiger partial charge in [-0.15, -0.1) is 0 Å². The maximum atomic E-state index is 10.9. The van der Waals surface area contributed by atoms with Gasteiger partial charge in [-0.25, -0.2) is 0 Å². The van der Waals surface area contributed by atoms with Crippen molar-refractivity contribution in [3.05, 3.63) is 0 Å². The van der Waals surface area contributed by atoms with Crippen molar-refractivity contribution in [2.75, 3.05) is 25.7 Å². The van der Waals surface area contributed by atoms with Gasteiger partial charge in [-0.1, -0.05) is 8.58 Å². The van der Waals surface area contributed by atoms with Crippen LogP contribution in [-0.2, 0) is 14.3 Å². The molecule has 13 heavy (non-hydrogen) atoms. The summed E-state index contributed by atoms with van der Waals surface area (Å²) in [5, 5.41) is 0. The Balaban J connectivity index is 3.02. The van der Waals surface area contributed by atoms with E-state index in [0.29, 0.717) is 13.0 Å². The predicted molar refractivity (Wildman–Crippen MR) is 55.5 cm³/mol. The zero-order valence-corrected chi connectivity index (χ0v) is 9.47. The van der Waals surface area contributed by atoms with Crippen molar-refractivity contribution in [3.8, 4) is 0 Å². The molecule has 0 bridgehead atoms. The van der Waals surface area contributed by atoms with E-state index in [2.05, 4.69) is 0 Å². The summed E-state index contributed by atoms with van der Waals surface area (Å²) in [5.74, 6) is -0.0799. The molecule has 0 aromatic rings. The van der Waals surface area contributed by atoms with E-state index >= 15 is 0 Å². The van der Waals surface area contributed by atoms with E-state index in [0.717, 1.165) is 34.1 Å². The lowest BCUT2D eigenvalue weighted by Gasteiger charge is -2.02. The Morgan fingerprint density at radius 1 is 1.31 bits per heavy atom. The summed E-state index contributed by atoms with van der Waals surface area (Å²) in [6.45, 7) is 5.09. The molecule has 0 spiro atoms. The topological polar surface area (TPSA) is 35.5 Å². The number of hydrogen-bond donors (Lipinski definition) is 0. The highest BCUT2D eigenvalue weighted by atomic mass is 31.1. The Labute approximate surface area is 82.0 Å². The van der Waals surface area contributed by atoms with Crippen LogP contribution in [0, 0.1) is 0 Å². The van der Waals surface area contributed by atoms with Crippen molar-refractivity contribution >= 4 is 14.6 Å². The highest BCUT2D eigenvalue weighted by Crippen LogP contribution is 2.12. The van der Waals surface area contributed by atoms with Gasteiger partial charge in [0.1, 0.15) is 0 Å². The monoisotopic (exact) mass is 206 g/mol. The Hall–Kier alpha value is -0.140. The van der Waals surface area contributed by atoms with Crippen molar-refractivity contribution in [1.29, 1.82) is 0 Å². The highest BCUT2D eigenvalue weighted by Gasteiger charge is 1.99. The fourth-order valence-corrected chi connectivity index (χ4v) is 1.76. The third kappa shape index (κ3) is 9.78. The van der Waals surface area contributed by atoms with E-state index in [1.54, 1.807) is 0 Å². The van der Waals surface area contributed by atoms with Gasteiger partial charge in [-0.3, -0.25) is 4.79 Å². The van der Waals surface area contributed by atoms with Crippen LogP contribution in [0.25, 0.3) is 0 Å². The van der Waals surface area contributed by atoms with Gasteiger partial charge >= 0.3 is 5.97 Å². The van der Waals surface area contributed by atoms with Crippen LogP contribution in [0.5, 0.6) is 0 Å². The normalized spacial score (nSPS) is 10.9. The fourth-order valence-electron chi connectivity index (χ4n) is 0.837. The molecule has 1 unspecified atom stereocenters. The van der Waals surface area contributed by atoms with Crippen molar-refractivity contribution in [2.24, 2.45) is 0 Å². The molecular weight excluding hydrogens is 187 g/mol. The van der Waals surface area contributed by atoms with Crippen molar-refractivity contribution in [3.63, 3.8) is 0 Å². The largest absolute Gasteiger partial charge is 0.466 e. The van der Waals surface area contributed by atoms with Crippen LogP contribution in [0.2, 0.25) is 0 Å². The molecule has 0 aliphatic carbocycles.